The molecule has 0 spiro atoms. The van der Waals surface area contributed by atoms with Crippen molar-refractivity contribution in [3.63, 3.8) is 0 Å². The molecule has 13 rings (SSSR count). The first-order valence-corrected chi connectivity index (χ1v) is 26.6. The molecule has 0 unspecified atom stereocenters. The van der Waals surface area contributed by atoms with Gasteiger partial charge in [-0.1, -0.05) is 182 Å². The minimum Gasteiger partial charge on any atom is -0.311 e. The SMILES string of the molecule is c1ccc(N(c2ccccc2)c2ccc(-c3c4ccccc4c(-c4ccc(N(c5ccc(N(c6ccccc6)c6ccccc6)cc5)c5ccc(N(c6ccccc6)c6ccccc6)cc5)cc4)c4ccccc34)cc2)cc1. The molecule has 0 atom stereocenters. The molecule has 0 bridgehead atoms. The maximum absolute atomic E-state index is 2.36. The lowest BCUT2D eigenvalue weighted by molar-refractivity contribution is 1.24. The van der Waals surface area contributed by atoms with Crippen molar-refractivity contribution in [2.45, 2.75) is 0 Å². The van der Waals surface area contributed by atoms with Crippen molar-refractivity contribution in [2.75, 3.05) is 19.6 Å². The van der Waals surface area contributed by atoms with Gasteiger partial charge < -0.3 is 19.6 Å². The molecule has 0 aliphatic rings. The third-order valence-corrected chi connectivity index (χ3v) is 14.6. The molecule has 370 valence electrons. The molecule has 0 saturated carbocycles. The van der Waals surface area contributed by atoms with Gasteiger partial charge in [0.25, 0.3) is 0 Å². The Morgan fingerprint density at radius 3 is 0.449 bits per heavy atom. The van der Waals surface area contributed by atoms with E-state index < -0.39 is 0 Å². The van der Waals surface area contributed by atoms with Crippen LogP contribution in [0.5, 0.6) is 0 Å². The minimum absolute atomic E-state index is 1.05. The second kappa shape index (κ2) is 21.4. The van der Waals surface area contributed by atoms with E-state index in [0.717, 1.165) is 73.8 Å². The summed E-state index contributed by atoms with van der Waals surface area (Å²) >= 11 is 0. The fourth-order valence-corrected chi connectivity index (χ4v) is 11.1. The first kappa shape index (κ1) is 47.3. The molecule has 0 amide bonds. The molecule has 0 aliphatic carbocycles. The van der Waals surface area contributed by atoms with E-state index in [1.807, 2.05) is 0 Å². The summed E-state index contributed by atoms with van der Waals surface area (Å²) in [6, 6.07) is 117. The Hall–Kier alpha value is -10.4. The molecule has 13 aromatic carbocycles. The zero-order chi connectivity index (χ0) is 52.0. The molecular weight excluding hydrogens is 945 g/mol. The minimum atomic E-state index is 1.05. The molecule has 0 aliphatic heterocycles. The molecule has 13 aromatic rings. The second-order valence-electron chi connectivity index (χ2n) is 19.3. The number of nitrogens with zero attached hydrogens (tertiary/aromatic N) is 4. The Labute approximate surface area is 456 Å². The van der Waals surface area contributed by atoms with Crippen LogP contribution in [-0.2, 0) is 0 Å². The van der Waals surface area contributed by atoms with Crippen molar-refractivity contribution in [2.24, 2.45) is 0 Å². The third-order valence-electron chi connectivity index (χ3n) is 14.6. The van der Waals surface area contributed by atoms with Crippen LogP contribution in [0.3, 0.4) is 0 Å². The fraction of sp³-hybridized carbons (Fsp3) is 0. The lowest BCUT2D eigenvalue weighted by Gasteiger charge is -2.29. The summed E-state index contributed by atoms with van der Waals surface area (Å²) in [6.45, 7) is 0. The van der Waals surface area contributed by atoms with Crippen LogP contribution in [0, 0.1) is 0 Å². The molecular formula is C74H54N4. The van der Waals surface area contributed by atoms with E-state index in [-0.39, 0.29) is 0 Å². The third kappa shape index (κ3) is 9.29. The molecule has 4 heteroatoms. The van der Waals surface area contributed by atoms with Crippen LogP contribution in [0.2, 0.25) is 0 Å². The fourth-order valence-electron chi connectivity index (χ4n) is 11.1. The second-order valence-corrected chi connectivity index (χ2v) is 19.3. The Balaban J connectivity index is 0.903. The Morgan fingerprint density at radius 2 is 0.269 bits per heavy atom. The maximum atomic E-state index is 2.36. The molecule has 78 heavy (non-hydrogen) atoms. The summed E-state index contributed by atoms with van der Waals surface area (Å²) in [6.07, 6.45) is 0. The zero-order valence-corrected chi connectivity index (χ0v) is 43.0. The zero-order valence-electron chi connectivity index (χ0n) is 43.0. The van der Waals surface area contributed by atoms with E-state index in [9.17, 15) is 0 Å². The van der Waals surface area contributed by atoms with E-state index in [1.54, 1.807) is 0 Å². The van der Waals surface area contributed by atoms with Gasteiger partial charge in [0, 0.05) is 68.2 Å². The summed E-state index contributed by atoms with van der Waals surface area (Å²) in [4.78, 5) is 9.29. The highest BCUT2D eigenvalue weighted by atomic mass is 15.2. The van der Waals surface area contributed by atoms with Crippen molar-refractivity contribution in [3.05, 3.63) is 328 Å². The quantitative estimate of drug-likeness (QED) is 0.101. The lowest BCUT2D eigenvalue weighted by atomic mass is 9.86. The van der Waals surface area contributed by atoms with Gasteiger partial charge in [0.2, 0.25) is 0 Å². The first-order valence-electron chi connectivity index (χ1n) is 26.6. The summed E-state index contributed by atoms with van der Waals surface area (Å²) in [7, 11) is 0. The van der Waals surface area contributed by atoms with Crippen LogP contribution in [0.1, 0.15) is 0 Å². The molecule has 0 N–H and O–H groups in total. The topological polar surface area (TPSA) is 13.0 Å². The Bertz CT molecular complexity index is 3780. The van der Waals surface area contributed by atoms with Crippen LogP contribution in [0.25, 0.3) is 43.8 Å². The lowest BCUT2D eigenvalue weighted by Crippen LogP contribution is -2.13. The van der Waals surface area contributed by atoms with Crippen molar-refractivity contribution in [1.82, 2.24) is 0 Å². The van der Waals surface area contributed by atoms with Crippen LogP contribution < -0.4 is 19.6 Å². The average molecular weight is 999 g/mol. The standard InChI is InChI=1S/C74H54N4/c1-7-23-57(24-8-1)75(58-25-9-2-10-26-58)63-43-39-55(40-44-63)73-69-35-19-21-37-71(69)74(72-38-22-20-36-70(72)73)56-41-45-64(46-42-56)78(67-51-47-65(48-52-67)76(59-27-11-3-12-28-59)60-29-13-4-14-30-60)68-53-49-66(50-54-68)77(61-31-15-5-16-32-61)62-33-17-6-18-34-62/h1-54H. The van der Waals surface area contributed by atoms with Crippen molar-refractivity contribution in [3.8, 4) is 22.3 Å². The van der Waals surface area contributed by atoms with Gasteiger partial charge in [0.1, 0.15) is 0 Å². The molecule has 0 radical (unpaired) electrons. The number of para-hydroxylation sites is 6. The number of anilines is 12. The molecule has 0 fully saturated rings. The Kier molecular flexibility index (Phi) is 13.0. The highest BCUT2D eigenvalue weighted by molar-refractivity contribution is 6.21. The molecule has 0 saturated heterocycles. The van der Waals surface area contributed by atoms with Gasteiger partial charge >= 0.3 is 0 Å². The predicted molar refractivity (Wildman–Crippen MR) is 331 cm³/mol. The van der Waals surface area contributed by atoms with Gasteiger partial charge in [-0.05, 0) is 189 Å². The van der Waals surface area contributed by atoms with Gasteiger partial charge in [-0.25, -0.2) is 0 Å². The maximum Gasteiger partial charge on any atom is 0.0463 e. The highest BCUT2D eigenvalue weighted by Crippen LogP contribution is 2.47. The van der Waals surface area contributed by atoms with Gasteiger partial charge in [0.05, 0.1) is 0 Å². The normalized spacial score (nSPS) is 11.1. The van der Waals surface area contributed by atoms with Gasteiger partial charge in [-0.3, -0.25) is 0 Å². The molecule has 4 nitrogen and oxygen atoms in total. The Morgan fingerprint density at radius 1 is 0.128 bits per heavy atom. The number of rotatable bonds is 14. The van der Waals surface area contributed by atoms with Crippen molar-refractivity contribution >= 4 is 89.8 Å². The number of hydrogen-bond donors (Lipinski definition) is 0. The van der Waals surface area contributed by atoms with Crippen LogP contribution in [-0.4, -0.2) is 0 Å². The smallest absolute Gasteiger partial charge is 0.0463 e. The van der Waals surface area contributed by atoms with Gasteiger partial charge in [-0.15, -0.1) is 0 Å². The monoisotopic (exact) mass is 998 g/mol. The van der Waals surface area contributed by atoms with Crippen LogP contribution >= 0.6 is 0 Å². The summed E-state index contributed by atoms with van der Waals surface area (Å²) < 4.78 is 0. The first-order chi connectivity index (χ1) is 38.7. The summed E-state index contributed by atoms with van der Waals surface area (Å²) in [5.41, 5.74) is 17.8. The van der Waals surface area contributed by atoms with Crippen LogP contribution in [0.15, 0.2) is 328 Å². The van der Waals surface area contributed by atoms with Crippen molar-refractivity contribution < 1.29 is 0 Å². The largest absolute Gasteiger partial charge is 0.311 e. The van der Waals surface area contributed by atoms with Crippen molar-refractivity contribution in [1.29, 1.82) is 0 Å². The van der Waals surface area contributed by atoms with E-state index in [4.69, 9.17) is 0 Å². The molecule has 0 heterocycles. The van der Waals surface area contributed by atoms with E-state index >= 15 is 0 Å². The summed E-state index contributed by atoms with van der Waals surface area (Å²) in [5, 5.41) is 4.86. The summed E-state index contributed by atoms with van der Waals surface area (Å²) in [5.74, 6) is 0. The van der Waals surface area contributed by atoms with Gasteiger partial charge in [0.15, 0.2) is 0 Å². The molecule has 0 aromatic heterocycles. The average Bonchev–Trinajstić information content (AvgIpc) is 3.66. The van der Waals surface area contributed by atoms with E-state index in [1.165, 1.54) is 38.2 Å². The predicted octanol–water partition coefficient (Wildman–Crippen LogP) is 21.2. The number of benzene rings is 13. The number of hydrogen-bond acceptors (Lipinski definition) is 4. The number of fused-ring (bicyclic) bond motifs is 2. The van der Waals surface area contributed by atoms with E-state index in [2.05, 4.69) is 347 Å². The van der Waals surface area contributed by atoms with E-state index in [0.29, 0.717) is 0 Å². The highest BCUT2D eigenvalue weighted by Gasteiger charge is 2.21. The van der Waals surface area contributed by atoms with Gasteiger partial charge in [-0.2, -0.15) is 0 Å². The van der Waals surface area contributed by atoms with Crippen LogP contribution in [0.4, 0.5) is 68.2 Å².